The molecule has 2 heterocycles. The number of halogens is 2. The largest absolute Gasteiger partial charge is 0.382 e. The summed E-state index contributed by atoms with van der Waals surface area (Å²) in [5, 5.41) is 5.10. The number of nitrogens with zero attached hydrogens (tertiary/aromatic N) is 2. The van der Waals surface area contributed by atoms with Gasteiger partial charge in [0.2, 0.25) is 0 Å². The Morgan fingerprint density at radius 1 is 1.28 bits per heavy atom. The van der Waals surface area contributed by atoms with E-state index in [4.69, 9.17) is 32.6 Å². The number of rotatable bonds is 9. The third kappa shape index (κ3) is 7.06. The van der Waals surface area contributed by atoms with E-state index in [0.717, 1.165) is 49.5 Å². The lowest BCUT2D eigenvalue weighted by Crippen LogP contribution is -2.38. The topological polar surface area (TPSA) is 62.6 Å². The van der Waals surface area contributed by atoms with E-state index < -0.39 is 0 Å². The van der Waals surface area contributed by atoms with Gasteiger partial charge in [-0.3, -0.25) is 9.62 Å². The number of hydrogen-bond donors (Lipinski definition) is 2. The summed E-state index contributed by atoms with van der Waals surface area (Å²) in [6, 6.07) is 5.72. The molecule has 0 bridgehead atoms. The van der Waals surface area contributed by atoms with Gasteiger partial charge in [-0.1, -0.05) is 46.9 Å². The van der Waals surface area contributed by atoms with Crippen molar-refractivity contribution in [2.75, 3.05) is 13.1 Å². The van der Waals surface area contributed by atoms with Crippen LogP contribution in [0.15, 0.2) is 35.5 Å². The normalized spacial score (nSPS) is 16.7. The molecule has 0 saturated carbocycles. The molecule has 0 radical (unpaired) electrons. The van der Waals surface area contributed by atoms with Crippen LogP contribution < -0.4 is 15.0 Å². The number of aromatic nitrogens is 1. The molecule has 1 fully saturated rings. The third-order valence-corrected chi connectivity index (χ3v) is 7.00. The van der Waals surface area contributed by atoms with Crippen LogP contribution in [0.3, 0.4) is 0 Å². The van der Waals surface area contributed by atoms with Crippen molar-refractivity contribution in [1.29, 1.82) is 0 Å². The second-order valence-electron chi connectivity index (χ2n) is 9.08. The van der Waals surface area contributed by atoms with Crippen LogP contribution in [0.2, 0.25) is 10.0 Å². The van der Waals surface area contributed by atoms with Gasteiger partial charge < -0.3 is 9.36 Å². The Bertz CT molecular complexity index is 908. The summed E-state index contributed by atoms with van der Waals surface area (Å²) in [7, 11) is 0. The molecule has 1 aromatic carbocycles. The first-order valence-corrected chi connectivity index (χ1v) is 12.3. The number of benzene rings is 1. The first kappa shape index (κ1) is 25.2. The summed E-state index contributed by atoms with van der Waals surface area (Å²) >= 11 is 14.4. The van der Waals surface area contributed by atoms with Crippen LogP contribution in [-0.4, -0.2) is 27.9 Å². The molecule has 1 saturated heterocycles. The van der Waals surface area contributed by atoms with Crippen molar-refractivity contribution in [2.24, 2.45) is 5.92 Å². The molecule has 32 heavy (non-hydrogen) atoms. The molecule has 3 rings (SSSR count). The van der Waals surface area contributed by atoms with Crippen molar-refractivity contribution in [3.8, 4) is 5.75 Å². The van der Waals surface area contributed by atoms with E-state index in [2.05, 4.69) is 47.6 Å². The SMILES string of the molecule is C=CNOc1cc(Cl)c(Cl)cc1C(NSC(C)(C)C)C1CCN(Cc2cc(C)on2)CC1. The lowest BCUT2D eigenvalue weighted by molar-refractivity contribution is 0.154. The second-order valence-corrected chi connectivity index (χ2v) is 11.6. The van der Waals surface area contributed by atoms with Crippen molar-refractivity contribution >= 4 is 35.1 Å². The average molecular weight is 500 g/mol. The molecule has 1 aromatic heterocycles. The quantitative estimate of drug-likeness (QED) is 0.310. The maximum absolute atomic E-state index is 6.42. The second kappa shape index (κ2) is 11.2. The number of hydrogen-bond acceptors (Lipinski definition) is 7. The molecule has 0 spiro atoms. The fraction of sp³-hybridized carbons (Fsp3) is 0.522. The van der Waals surface area contributed by atoms with E-state index in [0.29, 0.717) is 21.7 Å². The highest BCUT2D eigenvalue weighted by Crippen LogP contribution is 2.41. The van der Waals surface area contributed by atoms with Crippen LogP contribution in [0.1, 0.15) is 56.7 Å². The minimum Gasteiger partial charge on any atom is -0.382 e. The smallest absolute Gasteiger partial charge is 0.161 e. The number of aryl methyl sites for hydroxylation is 1. The summed E-state index contributed by atoms with van der Waals surface area (Å²) in [4.78, 5) is 8.16. The lowest BCUT2D eigenvalue weighted by atomic mass is 9.85. The van der Waals surface area contributed by atoms with E-state index in [1.807, 2.05) is 19.1 Å². The van der Waals surface area contributed by atoms with E-state index in [9.17, 15) is 0 Å². The molecule has 9 heteroatoms. The number of nitrogens with one attached hydrogen (secondary N) is 2. The lowest BCUT2D eigenvalue weighted by Gasteiger charge is -2.37. The maximum Gasteiger partial charge on any atom is 0.161 e. The highest BCUT2D eigenvalue weighted by Gasteiger charge is 2.32. The van der Waals surface area contributed by atoms with Gasteiger partial charge in [0, 0.05) is 41.2 Å². The van der Waals surface area contributed by atoms with Crippen molar-refractivity contribution < 1.29 is 9.36 Å². The minimum atomic E-state index is 0.0482. The van der Waals surface area contributed by atoms with E-state index >= 15 is 0 Å². The Balaban J connectivity index is 1.79. The number of hydroxylamine groups is 1. The Morgan fingerprint density at radius 3 is 2.56 bits per heavy atom. The van der Waals surface area contributed by atoms with Crippen molar-refractivity contribution in [3.05, 3.63) is 58.0 Å². The van der Waals surface area contributed by atoms with Gasteiger partial charge in [0.15, 0.2) is 5.75 Å². The summed E-state index contributed by atoms with van der Waals surface area (Å²) in [6.07, 6.45) is 3.56. The molecule has 0 aliphatic carbocycles. The highest BCUT2D eigenvalue weighted by molar-refractivity contribution is 7.98. The predicted octanol–water partition coefficient (Wildman–Crippen LogP) is 6.31. The Hall–Kier alpha value is -1.38. The Kier molecular flexibility index (Phi) is 8.81. The molecule has 1 unspecified atom stereocenters. The Morgan fingerprint density at radius 2 is 1.97 bits per heavy atom. The maximum atomic E-state index is 6.42. The number of piperidine rings is 1. The van der Waals surface area contributed by atoms with E-state index in [1.54, 1.807) is 18.0 Å². The van der Waals surface area contributed by atoms with Gasteiger partial charge in [0.1, 0.15) is 5.76 Å². The van der Waals surface area contributed by atoms with Crippen molar-refractivity contribution in [1.82, 2.24) is 20.3 Å². The van der Waals surface area contributed by atoms with Gasteiger partial charge >= 0.3 is 0 Å². The van der Waals surface area contributed by atoms with Crippen molar-refractivity contribution in [2.45, 2.75) is 57.9 Å². The zero-order chi connectivity index (χ0) is 23.3. The fourth-order valence-electron chi connectivity index (χ4n) is 3.80. The van der Waals surface area contributed by atoms with E-state index in [1.165, 1.54) is 6.20 Å². The fourth-order valence-corrected chi connectivity index (χ4v) is 4.93. The molecule has 0 amide bonds. The molecular weight excluding hydrogens is 467 g/mol. The molecule has 1 aliphatic rings. The van der Waals surface area contributed by atoms with Crippen LogP contribution in [0.4, 0.5) is 0 Å². The van der Waals surface area contributed by atoms with Crippen LogP contribution in [0, 0.1) is 12.8 Å². The summed E-state index contributed by atoms with van der Waals surface area (Å²) in [6.45, 7) is 14.9. The first-order valence-electron chi connectivity index (χ1n) is 10.8. The van der Waals surface area contributed by atoms with Gasteiger partial charge in [-0.2, -0.15) is 0 Å². The third-order valence-electron chi connectivity index (χ3n) is 5.30. The van der Waals surface area contributed by atoms with E-state index in [-0.39, 0.29) is 10.8 Å². The summed E-state index contributed by atoms with van der Waals surface area (Å²) in [5.41, 5.74) is 4.69. The summed E-state index contributed by atoms with van der Waals surface area (Å²) in [5.74, 6) is 1.90. The zero-order valence-electron chi connectivity index (χ0n) is 19.1. The molecule has 2 N–H and O–H groups in total. The van der Waals surface area contributed by atoms with Gasteiger partial charge in [-0.05, 0) is 65.6 Å². The van der Waals surface area contributed by atoms with Gasteiger partial charge in [-0.25, -0.2) is 5.48 Å². The van der Waals surface area contributed by atoms with Crippen LogP contribution in [0.25, 0.3) is 0 Å². The molecule has 6 nitrogen and oxygen atoms in total. The van der Waals surface area contributed by atoms with Gasteiger partial charge in [0.25, 0.3) is 0 Å². The van der Waals surface area contributed by atoms with Crippen LogP contribution in [-0.2, 0) is 6.54 Å². The standard InChI is InChI=1S/C23H32Cl2N4O2S/c1-6-26-31-21-13-20(25)19(24)12-18(21)22(28-32-23(3,4)5)16-7-9-29(10-8-16)14-17-11-15(2)30-27-17/h6,11-13,16,22,26,28H,1,7-10,14H2,2-5H3. The van der Waals surface area contributed by atoms with Crippen LogP contribution >= 0.6 is 35.1 Å². The monoisotopic (exact) mass is 498 g/mol. The predicted molar refractivity (Wildman–Crippen MR) is 133 cm³/mol. The first-order chi connectivity index (χ1) is 15.2. The van der Waals surface area contributed by atoms with Crippen molar-refractivity contribution in [3.63, 3.8) is 0 Å². The average Bonchev–Trinajstić information content (AvgIpc) is 3.14. The van der Waals surface area contributed by atoms with Gasteiger partial charge in [0.05, 0.1) is 15.7 Å². The molecule has 1 atom stereocenters. The molecular formula is C23H32Cl2N4O2S. The molecule has 1 aliphatic heterocycles. The van der Waals surface area contributed by atoms with Crippen LogP contribution in [0.5, 0.6) is 5.75 Å². The minimum absolute atomic E-state index is 0.0482. The molecule has 2 aromatic rings. The number of likely N-dealkylation sites (tertiary alicyclic amines) is 1. The summed E-state index contributed by atoms with van der Waals surface area (Å²) < 4.78 is 8.98. The Labute approximate surface area is 205 Å². The van der Waals surface area contributed by atoms with Gasteiger partial charge in [-0.15, -0.1) is 0 Å². The highest BCUT2D eigenvalue weighted by atomic mass is 35.5. The zero-order valence-corrected chi connectivity index (χ0v) is 21.4. The molecule has 176 valence electrons.